The molecule has 0 N–H and O–H groups in total. The van der Waals surface area contributed by atoms with Gasteiger partial charge in [0.15, 0.2) is 5.82 Å². The summed E-state index contributed by atoms with van der Waals surface area (Å²) in [4.78, 5) is 24.6. The zero-order valence-corrected chi connectivity index (χ0v) is 37.0. The highest BCUT2D eigenvalue weighted by molar-refractivity contribution is 5.78. The summed E-state index contributed by atoms with van der Waals surface area (Å²) < 4.78 is 7.01. The van der Waals surface area contributed by atoms with Gasteiger partial charge in [0.1, 0.15) is 11.5 Å². The Hall–Kier alpha value is -8.87. The first-order valence-electron chi connectivity index (χ1n) is 23.0. The maximum absolute atomic E-state index is 7.01. The fourth-order valence-corrected chi connectivity index (χ4v) is 9.81. The Labute approximate surface area is 395 Å². The van der Waals surface area contributed by atoms with Gasteiger partial charge < -0.3 is 4.74 Å². The Balaban J connectivity index is 0.996. The second-order valence-corrected chi connectivity index (χ2v) is 17.2. The minimum absolute atomic E-state index is 0.000889. The van der Waals surface area contributed by atoms with E-state index in [2.05, 4.69) is 158 Å². The van der Waals surface area contributed by atoms with Gasteiger partial charge in [-0.3, -0.25) is 9.97 Å². The summed E-state index contributed by atoms with van der Waals surface area (Å²) in [6.45, 7) is 0. The van der Waals surface area contributed by atoms with Crippen LogP contribution in [0.15, 0.2) is 254 Å². The Morgan fingerprint density at radius 3 is 1.50 bits per heavy atom. The number of rotatable bonds is 9. The minimum atomic E-state index is -0.722. The van der Waals surface area contributed by atoms with Gasteiger partial charge in [-0.25, -0.2) is 15.0 Å². The standard InChI is InChI=1S/C62H43N5O/c1-5-17-43(18-6-1)55-41-56(67-61(66-55)45-19-7-2-8-20-45)44-29-27-42(28-30-44)46-31-33-59-51(37-46)62(49-21-9-3-10-22-49,50-23-11-4-12-24-50)52-38-47(32-34-60(52)68-59)48-39-57(53-25-13-15-35-63-53)65-58(40-48)54-26-14-16-36-64-54/h1-31,33-41,47H,32H2. The number of fused-ring (bicyclic) bond motifs is 2. The zero-order chi connectivity index (χ0) is 45.3. The number of nitrogens with zero attached hydrogens (tertiary/aromatic N) is 5. The largest absolute Gasteiger partial charge is 0.457 e. The topological polar surface area (TPSA) is 73.7 Å². The number of benzene rings is 6. The Bertz CT molecular complexity index is 3320. The summed E-state index contributed by atoms with van der Waals surface area (Å²) in [5, 5.41) is 0. The molecule has 322 valence electrons. The molecule has 6 aromatic carbocycles. The number of allylic oxidation sites excluding steroid dienone is 3. The highest BCUT2D eigenvalue weighted by Gasteiger charge is 2.48. The van der Waals surface area contributed by atoms with Crippen LogP contribution in [0.5, 0.6) is 5.75 Å². The molecule has 0 saturated carbocycles. The fraction of sp³-hybridized carbons (Fsp3) is 0.0484. The lowest BCUT2D eigenvalue weighted by Crippen LogP contribution is -2.38. The van der Waals surface area contributed by atoms with Gasteiger partial charge in [0, 0.05) is 46.1 Å². The van der Waals surface area contributed by atoms with Crippen LogP contribution in [0.2, 0.25) is 0 Å². The molecule has 0 spiro atoms. The normalized spacial score (nSPS) is 14.7. The summed E-state index contributed by atoms with van der Waals surface area (Å²) in [5.41, 5.74) is 15.1. The monoisotopic (exact) mass is 873 g/mol. The maximum atomic E-state index is 7.01. The molecule has 12 rings (SSSR count). The highest BCUT2D eigenvalue weighted by atomic mass is 16.5. The molecule has 1 aliphatic carbocycles. The van der Waals surface area contributed by atoms with Gasteiger partial charge in [-0.2, -0.15) is 0 Å². The van der Waals surface area contributed by atoms with E-state index in [1.165, 1.54) is 0 Å². The molecule has 1 unspecified atom stereocenters. The van der Waals surface area contributed by atoms with Crippen LogP contribution in [-0.4, -0.2) is 24.9 Å². The molecule has 0 radical (unpaired) electrons. The van der Waals surface area contributed by atoms with Crippen LogP contribution in [0, 0.1) is 0 Å². The van der Waals surface area contributed by atoms with Crippen LogP contribution in [0.3, 0.4) is 0 Å². The predicted molar refractivity (Wildman–Crippen MR) is 271 cm³/mol. The average Bonchev–Trinajstić information content (AvgIpc) is 3.43. The Kier molecular flexibility index (Phi) is 10.5. The first-order chi connectivity index (χ1) is 33.7. The first kappa shape index (κ1) is 40.6. The third-order valence-corrected chi connectivity index (χ3v) is 13.1. The van der Waals surface area contributed by atoms with Gasteiger partial charge in [-0.15, -0.1) is 0 Å². The SMILES string of the molecule is C1=C2Oc3ccc(-c4ccc(-c5cc(-c6ccccc6)nc(-c6ccccc6)n5)cc4)cc3C(c3ccccc3)(c3ccccc3)C2=CC(c2cc(-c3ccccn3)nc(-c3ccccn3)c2)C1. The van der Waals surface area contributed by atoms with Gasteiger partial charge in [0.05, 0.1) is 39.6 Å². The summed E-state index contributed by atoms with van der Waals surface area (Å²) in [6.07, 6.45) is 9.09. The molecule has 5 heterocycles. The van der Waals surface area contributed by atoms with Crippen LogP contribution in [0.25, 0.3) is 67.8 Å². The average molecular weight is 874 g/mol. The van der Waals surface area contributed by atoms with Crippen LogP contribution < -0.4 is 4.74 Å². The third-order valence-electron chi connectivity index (χ3n) is 13.1. The molecule has 0 amide bonds. The number of hydrogen-bond donors (Lipinski definition) is 0. The van der Waals surface area contributed by atoms with Gasteiger partial charge in [-0.1, -0.05) is 170 Å². The molecule has 1 aliphatic heterocycles. The van der Waals surface area contributed by atoms with E-state index in [1.54, 1.807) is 0 Å². The third kappa shape index (κ3) is 7.48. The molecule has 68 heavy (non-hydrogen) atoms. The molecule has 6 heteroatoms. The van der Waals surface area contributed by atoms with Crippen molar-refractivity contribution in [2.24, 2.45) is 0 Å². The van der Waals surface area contributed by atoms with Crippen LogP contribution in [-0.2, 0) is 5.41 Å². The van der Waals surface area contributed by atoms with E-state index in [1.807, 2.05) is 85.2 Å². The Morgan fingerprint density at radius 1 is 0.412 bits per heavy atom. The second kappa shape index (κ2) is 17.5. The summed E-state index contributed by atoms with van der Waals surface area (Å²) in [7, 11) is 0. The molecule has 10 aromatic rings. The van der Waals surface area contributed by atoms with Crippen molar-refractivity contribution in [1.82, 2.24) is 24.9 Å². The molecule has 2 aliphatic rings. The fourth-order valence-electron chi connectivity index (χ4n) is 9.81. The molecule has 0 saturated heterocycles. The summed E-state index contributed by atoms with van der Waals surface area (Å²) in [5.74, 6) is 2.40. The molecule has 1 atom stereocenters. The molecular formula is C62H43N5O. The van der Waals surface area contributed by atoms with Gasteiger partial charge >= 0.3 is 0 Å². The van der Waals surface area contributed by atoms with Crippen molar-refractivity contribution in [2.45, 2.75) is 17.8 Å². The molecular weight excluding hydrogens is 831 g/mol. The van der Waals surface area contributed by atoms with Gasteiger partial charge in [0.2, 0.25) is 0 Å². The van der Waals surface area contributed by atoms with Crippen molar-refractivity contribution in [3.05, 3.63) is 277 Å². The van der Waals surface area contributed by atoms with E-state index in [0.717, 1.165) is 108 Å². The first-order valence-corrected chi connectivity index (χ1v) is 23.0. The zero-order valence-electron chi connectivity index (χ0n) is 37.0. The van der Waals surface area contributed by atoms with Crippen LogP contribution in [0.4, 0.5) is 0 Å². The molecule has 6 nitrogen and oxygen atoms in total. The van der Waals surface area contributed by atoms with Crippen molar-refractivity contribution in [3.63, 3.8) is 0 Å². The molecule has 0 bridgehead atoms. The van der Waals surface area contributed by atoms with E-state index in [0.29, 0.717) is 5.82 Å². The van der Waals surface area contributed by atoms with E-state index in [-0.39, 0.29) is 5.92 Å². The molecule has 4 aromatic heterocycles. The summed E-state index contributed by atoms with van der Waals surface area (Å²) >= 11 is 0. The van der Waals surface area contributed by atoms with E-state index < -0.39 is 5.41 Å². The lowest BCUT2D eigenvalue weighted by molar-refractivity contribution is 0.380. The second-order valence-electron chi connectivity index (χ2n) is 17.2. The number of ether oxygens (including phenoxy) is 1. The lowest BCUT2D eigenvalue weighted by Gasteiger charge is -2.45. The van der Waals surface area contributed by atoms with Crippen molar-refractivity contribution in [3.8, 4) is 73.6 Å². The van der Waals surface area contributed by atoms with E-state index >= 15 is 0 Å². The Morgan fingerprint density at radius 2 is 0.926 bits per heavy atom. The quantitative estimate of drug-likeness (QED) is 0.144. The minimum Gasteiger partial charge on any atom is -0.457 e. The summed E-state index contributed by atoms with van der Waals surface area (Å²) in [6, 6.07) is 76.0. The van der Waals surface area contributed by atoms with Crippen molar-refractivity contribution < 1.29 is 4.74 Å². The lowest BCUT2D eigenvalue weighted by atomic mass is 9.61. The van der Waals surface area contributed by atoms with Crippen molar-refractivity contribution in [1.29, 1.82) is 0 Å². The van der Waals surface area contributed by atoms with Gasteiger partial charge in [0.25, 0.3) is 0 Å². The van der Waals surface area contributed by atoms with Crippen molar-refractivity contribution >= 4 is 0 Å². The number of hydrogen-bond acceptors (Lipinski definition) is 6. The van der Waals surface area contributed by atoms with Crippen LogP contribution in [0.1, 0.15) is 34.6 Å². The highest BCUT2D eigenvalue weighted by Crippen LogP contribution is 2.57. The maximum Gasteiger partial charge on any atom is 0.160 e. The molecule has 0 fully saturated rings. The van der Waals surface area contributed by atoms with Crippen LogP contribution >= 0.6 is 0 Å². The number of pyridine rings is 3. The van der Waals surface area contributed by atoms with E-state index in [9.17, 15) is 0 Å². The van der Waals surface area contributed by atoms with Crippen molar-refractivity contribution in [2.75, 3.05) is 0 Å². The van der Waals surface area contributed by atoms with Gasteiger partial charge in [-0.05, 0) is 94.9 Å². The van der Waals surface area contributed by atoms with E-state index in [4.69, 9.17) is 29.7 Å². The predicted octanol–water partition coefficient (Wildman–Crippen LogP) is 14.4. The number of aromatic nitrogens is 5. The smallest absolute Gasteiger partial charge is 0.160 e.